The lowest BCUT2D eigenvalue weighted by molar-refractivity contribution is 0.482. The topological polar surface area (TPSA) is 20.2 Å². The highest BCUT2D eigenvalue weighted by molar-refractivity contribution is 6.40. The lowest BCUT2D eigenvalue weighted by Crippen LogP contribution is -2.02. The Kier molecular flexibility index (Phi) is 1.90. The molecule has 0 unspecified atom stereocenters. The lowest BCUT2D eigenvalue weighted by atomic mass is 9.88. The van der Waals surface area contributed by atoms with Gasteiger partial charge >= 0.3 is 0 Å². The van der Waals surface area contributed by atoms with Gasteiger partial charge in [-0.15, -0.1) is 0 Å². The maximum Gasteiger partial charge on any atom is 0.123 e. The highest BCUT2D eigenvalue weighted by atomic mass is 16.3. The van der Waals surface area contributed by atoms with Crippen LogP contribution in [0.1, 0.15) is 0 Å². The van der Waals surface area contributed by atoms with Crippen molar-refractivity contribution in [1.82, 2.24) is 0 Å². The van der Waals surface area contributed by atoms with Crippen LogP contribution in [0.5, 0.6) is 5.75 Å². The highest BCUT2D eigenvalue weighted by Crippen LogP contribution is 2.30. The Morgan fingerprint density at radius 3 is 2.50 bits per heavy atom. The summed E-state index contributed by atoms with van der Waals surface area (Å²) in [5.74, 6) is 0.279. The monoisotopic (exact) mass is 204 g/mol. The molecule has 0 aromatic heterocycles. The molecule has 3 rings (SSSR count). The van der Waals surface area contributed by atoms with Crippen molar-refractivity contribution in [3.05, 3.63) is 48.5 Å². The molecule has 16 heavy (non-hydrogen) atoms. The van der Waals surface area contributed by atoms with Crippen LogP contribution in [0.3, 0.4) is 0 Å². The molecule has 3 aromatic carbocycles. The standard InChI is InChI=1S/C14H9BO/c15-12-7-8-13(16)14-10-4-2-1-3-9(10)5-6-11(12)14/h1-8,16H. The number of phenolic OH excluding ortho intramolecular Hbond substituents is 1. The van der Waals surface area contributed by atoms with Crippen LogP contribution in [0.2, 0.25) is 0 Å². The average molecular weight is 204 g/mol. The lowest BCUT2D eigenvalue weighted by Gasteiger charge is -2.08. The van der Waals surface area contributed by atoms with E-state index in [9.17, 15) is 5.11 Å². The summed E-state index contributed by atoms with van der Waals surface area (Å²) in [5, 5.41) is 13.8. The molecule has 0 aliphatic carbocycles. The Hall–Kier alpha value is -1.96. The third-order valence-corrected chi connectivity index (χ3v) is 2.92. The van der Waals surface area contributed by atoms with Gasteiger partial charge in [-0.2, -0.15) is 0 Å². The van der Waals surface area contributed by atoms with Crippen molar-refractivity contribution in [1.29, 1.82) is 0 Å². The van der Waals surface area contributed by atoms with Crippen LogP contribution in [0, 0.1) is 0 Å². The first-order valence-electron chi connectivity index (χ1n) is 5.16. The normalized spacial score (nSPS) is 11.0. The van der Waals surface area contributed by atoms with Gasteiger partial charge in [0.2, 0.25) is 0 Å². The van der Waals surface area contributed by atoms with Gasteiger partial charge < -0.3 is 5.11 Å². The summed E-state index contributed by atoms with van der Waals surface area (Å²) in [6.45, 7) is 0. The van der Waals surface area contributed by atoms with E-state index < -0.39 is 0 Å². The summed E-state index contributed by atoms with van der Waals surface area (Å²) < 4.78 is 0. The zero-order valence-electron chi connectivity index (χ0n) is 8.64. The Labute approximate surface area is 94.7 Å². The predicted molar refractivity (Wildman–Crippen MR) is 68.5 cm³/mol. The van der Waals surface area contributed by atoms with Crippen molar-refractivity contribution >= 4 is 34.9 Å². The van der Waals surface area contributed by atoms with Gasteiger partial charge in [-0.05, 0) is 22.2 Å². The van der Waals surface area contributed by atoms with E-state index in [2.05, 4.69) is 0 Å². The van der Waals surface area contributed by atoms with Gasteiger partial charge in [0.1, 0.15) is 13.6 Å². The summed E-state index contributed by atoms with van der Waals surface area (Å²) in [5.41, 5.74) is 0.693. The van der Waals surface area contributed by atoms with Gasteiger partial charge in [0.05, 0.1) is 0 Å². The fourth-order valence-corrected chi connectivity index (χ4v) is 2.13. The first-order chi connectivity index (χ1) is 7.77. The quantitative estimate of drug-likeness (QED) is 0.440. The first-order valence-corrected chi connectivity index (χ1v) is 5.16. The van der Waals surface area contributed by atoms with E-state index in [0.29, 0.717) is 5.46 Å². The zero-order chi connectivity index (χ0) is 11.1. The third-order valence-electron chi connectivity index (χ3n) is 2.92. The molecule has 2 heteroatoms. The summed E-state index contributed by atoms with van der Waals surface area (Å²) in [6, 6.07) is 15.3. The van der Waals surface area contributed by atoms with E-state index in [0.717, 1.165) is 21.5 Å². The Morgan fingerprint density at radius 1 is 0.812 bits per heavy atom. The molecule has 0 amide bonds. The van der Waals surface area contributed by atoms with Crippen LogP contribution in [-0.4, -0.2) is 13.0 Å². The molecule has 0 saturated heterocycles. The van der Waals surface area contributed by atoms with Gasteiger partial charge in [-0.3, -0.25) is 0 Å². The smallest absolute Gasteiger partial charge is 0.123 e. The fraction of sp³-hybridized carbons (Fsp3) is 0. The van der Waals surface area contributed by atoms with Crippen molar-refractivity contribution in [2.45, 2.75) is 0 Å². The van der Waals surface area contributed by atoms with Crippen LogP contribution in [0.15, 0.2) is 48.5 Å². The number of rotatable bonds is 0. The second kappa shape index (κ2) is 3.27. The van der Waals surface area contributed by atoms with Crippen molar-refractivity contribution < 1.29 is 5.11 Å². The maximum atomic E-state index is 9.94. The van der Waals surface area contributed by atoms with E-state index in [1.807, 2.05) is 36.4 Å². The minimum Gasteiger partial charge on any atom is -0.507 e. The van der Waals surface area contributed by atoms with Crippen molar-refractivity contribution in [3.8, 4) is 5.75 Å². The Balaban J connectivity index is 2.64. The predicted octanol–water partition coefficient (Wildman–Crippen LogP) is 2.49. The van der Waals surface area contributed by atoms with Crippen molar-refractivity contribution in [2.75, 3.05) is 0 Å². The van der Waals surface area contributed by atoms with Crippen molar-refractivity contribution in [3.63, 3.8) is 0 Å². The molecule has 0 fully saturated rings. The number of fused-ring (bicyclic) bond motifs is 3. The first kappa shape index (κ1) is 9.28. The molecule has 0 spiro atoms. The third kappa shape index (κ3) is 1.20. The molecular formula is C14H9BO. The molecule has 0 aliphatic rings. The Morgan fingerprint density at radius 2 is 1.62 bits per heavy atom. The largest absolute Gasteiger partial charge is 0.507 e. The van der Waals surface area contributed by atoms with Crippen LogP contribution in [0.25, 0.3) is 21.5 Å². The van der Waals surface area contributed by atoms with Crippen LogP contribution >= 0.6 is 0 Å². The highest BCUT2D eigenvalue weighted by Gasteiger charge is 2.05. The van der Waals surface area contributed by atoms with Gasteiger partial charge in [-0.25, -0.2) is 0 Å². The van der Waals surface area contributed by atoms with E-state index in [-0.39, 0.29) is 5.75 Å². The molecule has 74 valence electrons. The maximum absolute atomic E-state index is 9.94. The summed E-state index contributed by atoms with van der Waals surface area (Å²) in [6.07, 6.45) is 0. The number of phenols is 1. The van der Waals surface area contributed by atoms with Gasteiger partial charge in [0.15, 0.2) is 0 Å². The summed E-state index contributed by atoms with van der Waals surface area (Å²) in [4.78, 5) is 0. The molecule has 3 aromatic rings. The van der Waals surface area contributed by atoms with E-state index in [1.54, 1.807) is 12.1 Å². The number of hydrogen-bond acceptors (Lipinski definition) is 1. The minimum absolute atomic E-state index is 0.279. The molecule has 1 nitrogen and oxygen atoms in total. The van der Waals surface area contributed by atoms with Crippen LogP contribution in [-0.2, 0) is 0 Å². The zero-order valence-corrected chi connectivity index (χ0v) is 8.64. The second-order valence-electron chi connectivity index (χ2n) is 3.88. The fourth-order valence-electron chi connectivity index (χ4n) is 2.13. The second-order valence-corrected chi connectivity index (χ2v) is 3.88. The number of aromatic hydroxyl groups is 1. The van der Waals surface area contributed by atoms with Crippen LogP contribution in [0.4, 0.5) is 0 Å². The molecule has 1 N–H and O–H groups in total. The Bertz CT molecular complexity index is 689. The van der Waals surface area contributed by atoms with E-state index >= 15 is 0 Å². The summed E-state index contributed by atoms with van der Waals surface area (Å²) >= 11 is 0. The van der Waals surface area contributed by atoms with E-state index in [1.165, 1.54) is 0 Å². The number of hydrogen-bond donors (Lipinski definition) is 1. The molecule has 0 heterocycles. The van der Waals surface area contributed by atoms with E-state index in [4.69, 9.17) is 7.85 Å². The molecular weight excluding hydrogens is 195 g/mol. The molecule has 2 radical (unpaired) electrons. The summed E-state index contributed by atoms with van der Waals surface area (Å²) in [7, 11) is 5.91. The van der Waals surface area contributed by atoms with Gasteiger partial charge in [0.25, 0.3) is 0 Å². The van der Waals surface area contributed by atoms with Crippen LogP contribution < -0.4 is 5.46 Å². The SMILES string of the molecule is [B]c1ccc(O)c2c1ccc1ccccc12. The minimum atomic E-state index is 0.279. The van der Waals surface area contributed by atoms with Crippen molar-refractivity contribution in [2.24, 2.45) is 0 Å². The van der Waals surface area contributed by atoms with Gasteiger partial charge in [-0.1, -0.05) is 47.9 Å². The molecule has 0 saturated carbocycles. The number of benzene rings is 3. The van der Waals surface area contributed by atoms with Gasteiger partial charge in [0, 0.05) is 5.39 Å². The molecule has 0 bridgehead atoms. The molecule has 0 atom stereocenters. The average Bonchev–Trinajstić information content (AvgIpc) is 2.33. The molecule has 0 aliphatic heterocycles.